The number of amides is 1. The van der Waals surface area contributed by atoms with E-state index in [1.807, 2.05) is 12.1 Å². The second kappa shape index (κ2) is 6.58. The Morgan fingerprint density at radius 1 is 1.26 bits per heavy atom. The van der Waals surface area contributed by atoms with Gasteiger partial charge in [0.2, 0.25) is 0 Å². The van der Waals surface area contributed by atoms with Crippen molar-refractivity contribution in [2.75, 3.05) is 5.32 Å². The summed E-state index contributed by atoms with van der Waals surface area (Å²) in [6.07, 6.45) is 3.82. The number of pyridine rings is 1. The van der Waals surface area contributed by atoms with E-state index >= 15 is 0 Å². The number of carbonyl (C=O) groups is 1. The lowest BCUT2D eigenvalue weighted by atomic mass is 10.1. The van der Waals surface area contributed by atoms with Crippen molar-refractivity contribution in [3.63, 3.8) is 0 Å². The zero-order valence-electron chi connectivity index (χ0n) is 12.5. The summed E-state index contributed by atoms with van der Waals surface area (Å²) in [5, 5.41) is 14.7. The summed E-state index contributed by atoms with van der Waals surface area (Å²) >= 11 is 1.41. The van der Waals surface area contributed by atoms with Gasteiger partial charge in [0.05, 0.1) is 0 Å². The maximum absolute atomic E-state index is 12.1. The van der Waals surface area contributed by atoms with Gasteiger partial charge in [-0.3, -0.25) is 10.1 Å². The van der Waals surface area contributed by atoms with Crippen LogP contribution in [-0.2, 0) is 6.42 Å². The first-order chi connectivity index (χ1) is 11.1. The molecule has 5 nitrogen and oxygen atoms in total. The fraction of sp³-hybridized carbons (Fsp3) is 0.118. The van der Waals surface area contributed by atoms with Crippen LogP contribution in [0.1, 0.15) is 26.5 Å². The smallest absolute Gasteiger partial charge is 0.323 e. The quantitative estimate of drug-likeness (QED) is 0.592. The zero-order valence-corrected chi connectivity index (χ0v) is 13.3. The Morgan fingerprint density at radius 2 is 2.04 bits per heavy atom. The van der Waals surface area contributed by atoms with Crippen LogP contribution in [0, 0.1) is 12.1 Å². The Balaban J connectivity index is 1.72. The van der Waals surface area contributed by atoms with Crippen LogP contribution < -0.4 is 10.0 Å². The van der Waals surface area contributed by atoms with Crippen LogP contribution in [-0.4, -0.2) is 10.9 Å². The number of rotatable bonds is 4. The molecule has 0 atom stereocenters. The van der Waals surface area contributed by atoms with Crippen molar-refractivity contribution < 1.29 is 9.52 Å². The SMILES string of the molecule is Cc1ccccc1Cc1cnc(NC(=O)c2cccc[n+]2[O-])s1. The summed E-state index contributed by atoms with van der Waals surface area (Å²) in [5.41, 5.74) is 2.50. The fourth-order valence-corrected chi connectivity index (χ4v) is 3.04. The standard InChI is InChI=1S/C17H15N3O2S/c1-12-6-2-3-7-13(12)10-14-11-18-17(23-14)19-16(21)15-8-4-5-9-20(15)22/h2-9,11H,10H2,1H3,(H,18,19,21). The summed E-state index contributed by atoms with van der Waals surface area (Å²) in [5.74, 6) is -0.461. The molecular formula is C17H15N3O2S. The van der Waals surface area contributed by atoms with Crippen LogP contribution in [0.3, 0.4) is 0 Å². The number of aromatic nitrogens is 2. The molecule has 1 N–H and O–H groups in total. The van der Waals surface area contributed by atoms with Crippen molar-refractivity contribution in [3.8, 4) is 0 Å². The van der Waals surface area contributed by atoms with E-state index in [9.17, 15) is 10.0 Å². The molecule has 0 saturated heterocycles. The van der Waals surface area contributed by atoms with E-state index in [-0.39, 0.29) is 5.69 Å². The number of hydrogen-bond acceptors (Lipinski definition) is 4. The predicted molar refractivity (Wildman–Crippen MR) is 89.5 cm³/mol. The summed E-state index contributed by atoms with van der Waals surface area (Å²) in [4.78, 5) is 17.4. The highest BCUT2D eigenvalue weighted by Crippen LogP contribution is 2.22. The average Bonchev–Trinajstić information content (AvgIpc) is 2.97. The molecule has 0 bridgehead atoms. The summed E-state index contributed by atoms with van der Waals surface area (Å²) in [7, 11) is 0. The molecule has 3 aromatic rings. The van der Waals surface area contributed by atoms with E-state index in [1.54, 1.807) is 18.3 Å². The first kappa shape index (κ1) is 15.2. The number of aryl methyl sites for hydroxylation is 1. The molecule has 2 aromatic heterocycles. The van der Waals surface area contributed by atoms with Gasteiger partial charge in [-0.05, 0) is 24.1 Å². The van der Waals surface area contributed by atoms with E-state index in [0.717, 1.165) is 11.3 Å². The van der Waals surface area contributed by atoms with Gasteiger partial charge in [0, 0.05) is 29.6 Å². The summed E-state index contributed by atoms with van der Waals surface area (Å²) in [6.45, 7) is 2.07. The van der Waals surface area contributed by atoms with Gasteiger partial charge in [-0.1, -0.05) is 24.3 Å². The molecule has 2 heterocycles. The molecule has 0 unspecified atom stereocenters. The summed E-state index contributed by atoms with van der Waals surface area (Å²) < 4.78 is 0.539. The minimum Gasteiger partial charge on any atom is -0.618 e. The van der Waals surface area contributed by atoms with Gasteiger partial charge in [-0.25, -0.2) is 4.98 Å². The van der Waals surface area contributed by atoms with Crippen LogP contribution in [0.4, 0.5) is 5.13 Å². The van der Waals surface area contributed by atoms with Crippen LogP contribution in [0.2, 0.25) is 0 Å². The lowest BCUT2D eigenvalue weighted by molar-refractivity contribution is -0.607. The molecule has 0 aliphatic rings. The van der Waals surface area contributed by atoms with Gasteiger partial charge in [0.25, 0.3) is 5.69 Å². The third kappa shape index (κ3) is 3.54. The van der Waals surface area contributed by atoms with Crippen LogP contribution in [0.25, 0.3) is 0 Å². The van der Waals surface area contributed by atoms with Gasteiger partial charge in [0.1, 0.15) is 0 Å². The van der Waals surface area contributed by atoms with Crippen LogP contribution >= 0.6 is 11.3 Å². The van der Waals surface area contributed by atoms with Crippen molar-refractivity contribution in [2.24, 2.45) is 0 Å². The van der Waals surface area contributed by atoms with Gasteiger partial charge < -0.3 is 5.21 Å². The Morgan fingerprint density at radius 3 is 2.83 bits per heavy atom. The number of thiazole rings is 1. The van der Waals surface area contributed by atoms with Gasteiger partial charge in [0.15, 0.2) is 11.3 Å². The van der Waals surface area contributed by atoms with Crippen LogP contribution in [0.15, 0.2) is 54.9 Å². The molecule has 0 radical (unpaired) electrons. The molecule has 6 heteroatoms. The van der Waals surface area contributed by atoms with Gasteiger partial charge in [-0.15, -0.1) is 11.3 Å². The lowest BCUT2D eigenvalue weighted by Gasteiger charge is -2.03. The third-order valence-corrected chi connectivity index (χ3v) is 4.37. The van der Waals surface area contributed by atoms with E-state index in [1.165, 1.54) is 34.7 Å². The number of hydrogen-bond donors (Lipinski definition) is 1. The van der Waals surface area contributed by atoms with E-state index in [0.29, 0.717) is 9.86 Å². The molecule has 0 aliphatic carbocycles. The molecule has 0 spiro atoms. The largest absolute Gasteiger partial charge is 0.618 e. The van der Waals surface area contributed by atoms with Crippen molar-refractivity contribution in [3.05, 3.63) is 81.8 Å². The topological polar surface area (TPSA) is 68.9 Å². The second-order valence-electron chi connectivity index (χ2n) is 5.10. The van der Waals surface area contributed by atoms with Crippen molar-refractivity contribution >= 4 is 22.4 Å². The summed E-state index contributed by atoms with van der Waals surface area (Å²) in [6, 6.07) is 12.9. The molecule has 1 aromatic carbocycles. The lowest BCUT2D eigenvalue weighted by Crippen LogP contribution is -2.36. The Bertz CT molecular complexity index is 845. The molecule has 0 fully saturated rings. The molecule has 1 amide bonds. The number of anilines is 1. The van der Waals surface area contributed by atoms with Crippen molar-refractivity contribution in [1.82, 2.24) is 4.98 Å². The first-order valence-corrected chi connectivity index (χ1v) is 7.94. The molecule has 0 aliphatic heterocycles. The van der Waals surface area contributed by atoms with Gasteiger partial charge in [-0.2, -0.15) is 4.73 Å². The molecular weight excluding hydrogens is 310 g/mol. The maximum atomic E-state index is 12.1. The highest BCUT2D eigenvalue weighted by atomic mass is 32.1. The Labute approximate surface area is 137 Å². The Hall–Kier alpha value is -2.73. The number of nitrogens with one attached hydrogen (secondary N) is 1. The molecule has 0 saturated carbocycles. The molecule has 116 valence electrons. The first-order valence-electron chi connectivity index (χ1n) is 7.12. The zero-order chi connectivity index (χ0) is 16.2. The number of benzene rings is 1. The van der Waals surface area contributed by atoms with Crippen molar-refractivity contribution in [2.45, 2.75) is 13.3 Å². The minimum absolute atomic E-state index is 0.0446. The monoisotopic (exact) mass is 325 g/mol. The van der Waals surface area contributed by atoms with E-state index in [4.69, 9.17) is 0 Å². The maximum Gasteiger partial charge on any atom is 0.323 e. The average molecular weight is 325 g/mol. The normalized spacial score (nSPS) is 10.5. The third-order valence-electron chi connectivity index (χ3n) is 3.46. The number of nitrogens with zero attached hydrogens (tertiary/aromatic N) is 2. The Kier molecular flexibility index (Phi) is 4.34. The van der Waals surface area contributed by atoms with E-state index in [2.05, 4.69) is 29.4 Å². The highest BCUT2D eigenvalue weighted by molar-refractivity contribution is 7.15. The van der Waals surface area contributed by atoms with Crippen molar-refractivity contribution in [1.29, 1.82) is 0 Å². The van der Waals surface area contributed by atoms with Crippen LogP contribution in [0.5, 0.6) is 0 Å². The minimum atomic E-state index is -0.461. The van der Waals surface area contributed by atoms with E-state index < -0.39 is 5.91 Å². The molecule has 23 heavy (non-hydrogen) atoms. The fourth-order valence-electron chi connectivity index (χ4n) is 2.21. The predicted octanol–water partition coefficient (Wildman–Crippen LogP) is 2.93. The second-order valence-corrected chi connectivity index (χ2v) is 6.22. The molecule has 3 rings (SSSR count). The van der Waals surface area contributed by atoms with Gasteiger partial charge >= 0.3 is 5.91 Å². The highest BCUT2D eigenvalue weighted by Gasteiger charge is 2.16. The number of carbonyl (C=O) groups excluding carboxylic acids is 1.